The molecule has 0 saturated heterocycles. The van der Waals surface area contributed by atoms with E-state index in [-0.39, 0.29) is 34.0 Å². The number of carbonyl (C=O) groups excluding carboxylic acids is 1. The fourth-order valence-electron chi connectivity index (χ4n) is 4.36. The molecule has 2 aromatic rings. The number of thiazole rings is 1. The minimum absolute atomic E-state index is 0.00618. The van der Waals surface area contributed by atoms with Gasteiger partial charge in [0.2, 0.25) is 0 Å². The maximum atomic E-state index is 14.2. The number of carbonyl (C=O) groups is 2. The second-order valence-corrected chi connectivity index (χ2v) is 8.97. The Bertz CT molecular complexity index is 1100. The molecule has 0 spiro atoms. The van der Waals surface area contributed by atoms with Crippen LogP contribution in [-0.2, 0) is 14.3 Å². The highest BCUT2D eigenvalue weighted by atomic mass is 35.5. The number of rotatable bonds is 5. The van der Waals surface area contributed by atoms with E-state index in [1.807, 2.05) is 0 Å². The predicted octanol–water partition coefficient (Wildman–Crippen LogP) is 4.34. The van der Waals surface area contributed by atoms with Gasteiger partial charge in [0, 0.05) is 28.8 Å². The highest BCUT2D eigenvalue weighted by molar-refractivity contribution is 7.11. The van der Waals surface area contributed by atoms with Gasteiger partial charge in [0.1, 0.15) is 11.9 Å². The molecule has 0 radical (unpaired) electrons. The van der Waals surface area contributed by atoms with Gasteiger partial charge in [-0.3, -0.25) is 9.79 Å². The number of hydrogen-bond acceptors (Lipinski definition) is 7. The molecule has 2 N–H and O–H groups in total. The molecule has 1 aliphatic heterocycles. The molecule has 1 aromatic carbocycles. The van der Waals surface area contributed by atoms with Crippen LogP contribution < -0.4 is 5.32 Å². The second kappa shape index (κ2) is 9.38. The van der Waals surface area contributed by atoms with E-state index in [9.17, 15) is 19.1 Å². The number of allylic oxidation sites excluding steroid dienone is 1. The molecule has 7 nitrogen and oxygen atoms in total. The van der Waals surface area contributed by atoms with E-state index in [2.05, 4.69) is 15.3 Å². The fourth-order valence-corrected chi connectivity index (χ4v) is 5.18. The Morgan fingerprint density at radius 3 is 2.84 bits per heavy atom. The summed E-state index contributed by atoms with van der Waals surface area (Å²) in [4.78, 5) is 33.5. The lowest BCUT2D eigenvalue weighted by Crippen LogP contribution is -2.38. The Morgan fingerprint density at radius 1 is 1.34 bits per heavy atom. The number of esters is 1. The van der Waals surface area contributed by atoms with Crippen molar-refractivity contribution in [2.45, 2.75) is 31.7 Å². The first-order valence-corrected chi connectivity index (χ1v) is 11.4. The van der Waals surface area contributed by atoms with Crippen molar-refractivity contribution in [1.82, 2.24) is 10.3 Å². The monoisotopic (exact) mass is 477 g/mol. The van der Waals surface area contributed by atoms with Crippen molar-refractivity contribution in [2.24, 2.45) is 16.8 Å². The van der Waals surface area contributed by atoms with Gasteiger partial charge in [-0.2, -0.15) is 0 Å². The zero-order valence-electron chi connectivity index (χ0n) is 17.2. The maximum Gasteiger partial charge on any atom is 0.335 e. The first-order valence-electron chi connectivity index (χ1n) is 10.1. The molecule has 2 aliphatic rings. The number of ether oxygens (including phenoxy) is 1. The van der Waals surface area contributed by atoms with Gasteiger partial charge in [0.05, 0.1) is 23.6 Å². The molecular formula is C22H21ClFN3O4S. The SMILES string of the molecule is COC(=O)C1CCCC(C2=C(C(=O)O)C(c3cccc(F)c3Cl)N=C(c3nccs3)N2)C1. The summed E-state index contributed by atoms with van der Waals surface area (Å²) in [6.07, 6.45) is 4.20. The third kappa shape index (κ3) is 4.27. The fraction of sp³-hybridized carbons (Fsp3) is 0.364. The molecule has 2 heterocycles. The Balaban J connectivity index is 1.84. The number of aliphatic imine (C=N–C) groups is 1. The normalized spacial score (nSPS) is 23.3. The third-order valence-electron chi connectivity index (χ3n) is 5.83. The van der Waals surface area contributed by atoms with Gasteiger partial charge in [-0.1, -0.05) is 30.2 Å². The Kier molecular flexibility index (Phi) is 6.57. The Hall–Kier alpha value is -2.78. The van der Waals surface area contributed by atoms with Gasteiger partial charge in [0.25, 0.3) is 0 Å². The minimum Gasteiger partial charge on any atom is -0.478 e. The molecule has 10 heteroatoms. The number of amidine groups is 1. The van der Waals surface area contributed by atoms with Crippen molar-refractivity contribution >= 4 is 40.7 Å². The van der Waals surface area contributed by atoms with Gasteiger partial charge >= 0.3 is 11.9 Å². The lowest BCUT2D eigenvalue weighted by molar-refractivity contribution is -0.146. The number of hydrogen-bond donors (Lipinski definition) is 2. The summed E-state index contributed by atoms with van der Waals surface area (Å²) < 4.78 is 19.2. The molecular weight excluding hydrogens is 457 g/mol. The van der Waals surface area contributed by atoms with E-state index >= 15 is 0 Å². The molecule has 3 unspecified atom stereocenters. The van der Waals surface area contributed by atoms with E-state index in [4.69, 9.17) is 16.3 Å². The summed E-state index contributed by atoms with van der Waals surface area (Å²) in [5, 5.41) is 15.5. The number of methoxy groups -OCH3 is 1. The summed E-state index contributed by atoms with van der Waals surface area (Å²) in [5.41, 5.74) is 0.711. The average molecular weight is 478 g/mol. The first kappa shape index (κ1) is 22.4. The number of nitrogens with zero attached hydrogens (tertiary/aromatic N) is 2. The van der Waals surface area contributed by atoms with Gasteiger partial charge in [-0.15, -0.1) is 11.3 Å². The molecule has 0 amide bonds. The van der Waals surface area contributed by atoms with Gasteiger partial charge in [0.15, 0.2) is 10.8 Å². The topological polar surface area (TPSA) is 101 Å². The number of nitrogens with one attached hydrogen (secondary N) is 1. The van der Waals surface area contributed by atoms with E-state index < -0.39 is 17.8 Å². The van der Waals surface area contributed by atoms with Crippen molar-refractivity contribution in [1.29, 1.82) is 0 Å². The Morgan fingerprint density at radius 2 is 2.16 bits per heavy atom. The number of aliphatic carboxylic acids is 1. The summed E-state index contributed by atoms with van der Waals surface area (Å²) in [5.74, 6) is -2.30. The van der Waals surface area contributed by atoms with Crippen molar-refractivity contribution in [3.8, 4) is 0 Å². The van der Waals surface area contributed by atoms with Crippen LogP contribution in [-0.4, -0.2) is 35.0 Å². The molecule has 3 atom stereocenters. The molecule has 1 saturated carbocycles. The van der Waals surface area contributed by atoms with Crippen LogP contribution in [0.2, 0.25) is 5.02 Å². The molecule has 32 heavy (non-hydrogen) atoms. The summed E-state index contributed by atoms with van der Waals surface area (Å²) in [6.45, 7) is 0. The number of benzene rings is 1. The van der Waals surface area contributed by atoms with Gasteiger partial charge in [-0.05, 0) is 25.3 Å². The number of aromatic nitrogens is 1. The zero-order chi connectivity index (χ0) is 22.8. The molecule has 4 rings (SSSR count). The summed E-state index contributed by atoms with van der Waals surface area (Å²) in [6, 6.07) is 3.24. The van der Waals surface area contributed by atoms with Crippen LogP contribution in [0.15, 0.2) is 46.0 Å². The van der Waals surface area contributed by atoms with E-state index in [0.717, 1.165) is 6.42 Å². The average Bonchev–Trinajstić information content (AvgIpc) is 3.34. The van der Waals surface area contributed by atoms with Crippen LogP contribution in [0.1, 0.15) is 42.3 Å². The molecule has 1 aromatic heterocycles. The largest absolute Gasteiger partial charge is 0.478 e. The number of carboxylic acids is 1. The van der Waals surface area contributed by atoms with Crippen LogP contribution in [0, 0.1) is 17.7 Å². The van der Waals surface area contributed by atoms with Crippen molar-refractivity contribution in [3.63, 3.8) is 0 Å². The zero-order valence-corrected chi connectivity index (χ0v) is 18.8. The minimum atomic E-state index is -1.18. The first-order chi connectivity index (χ1) is 15.4. The van der Waals surface area contributed by atoms with E-state index in [0.29, 0.717) is 35.8 Å². The van der Waals surface area contributed by atoms with E-state index in [1.54, 1.807) is 17.6 Å². The highest BCUT2D eigenvalue weighted by Crippen LogP contribution is 2.42. The van der Waals surface area contributed by atoms with Gasteiger partial charge < -0.3 is 15.2 Å². The van der Waals surface area contributed by atoms with Crippen molar-refractivity contribution in [3.05, 3.63) is 62.5 Å². The smallest absolute Gasteiger partial charge is 0.335 e. The number of halogens is 2. The molecule has 1 aliphatic carbocycles. The quantitative estimate of drug-likeness (QED) is 0.621. The van der Waals surface area contributed by atoms with Gasteiger partial charge in [-0.25, -0.2) is 14.2 Å². The number of carboxylic acid groups (broad SMARTS) is 1. The molecule has 168 valence electrons. The lowest BCUT2D eigenvalue weighted by atomic mass is 9.77. The standard InChI is InChI=1S/C22H21ClFN3O4S/c1-31-22(30)12-5-2-4-11(10-12)17-15(21(28)29)18(13-6-3-7-14(24)16(13)23)27-19(26-17)20-25-8-9-32-20/h3,6-9,11-12,18H,2,4-5,10H2,1H3,(H,26,27)(H,28,29). The summed E-state index contributed by atoms with van der Waals surface area (Å²) in [7, 11) is 1.35. The molecule has 1 fully saturated rings. The lowest BCUT2D eigenvalue weighted by Gasteiger charge is -2.34. The van der Waals surface area contributed by atoms with Crippen LogP contribution in [0.25, 0.3) is 0 Å². The third-order valence-corrected chi connectivity index (χ3v) is 7.01. The second-order valence-electron chi connectivity index (χ2n) is 7.70. The molecule has 0 bridgehead atoms. The maximum absolute atomic E-state index is 14.2. The van der Waals surface area contributed by atoms with Crippen molar-refractivity contribution < 1.29 is 23.8 Å². The van der Waals surface area contributed by atoms with Crippen LogP contribution in [0.4, 0.5) is 4.39 Å². The van der Waals surface area contributed by atoms with E-state index in [1.165, 1.54) is 30.6 Å². The van der Waals surface area contributed by atoms with Crippen LogP contribution >= 0.6 is 22.9 Å². The Labute approximate surface area is 193 Å². The summed E-state index contributed by atoms with van der Waals surface area (Å²) >= 11 is 7.58. The highest BCUT2D eigenvalue weighted by Gasteiger charge is 2.39. The predicted molar refractivity (Wildman–Crippen MR) is 118 cm³/mol. The van der Waals surface area contributed by atoms with Crippen LogP contribution in [0.3, 0.4) is 0 Å². The van der Waals surface area contributed by atoms with Crippen molar-refractivity contribution in [2.75, 3.05) is 7.11 Å². The van der Waals surface area contributed by atoms with Crippen LogP contribution in [0.5, 0.6) is 0 Å².